The van der Waals surface area contributed by atoms with Gasteiger partial charge < -0.3 is 9.30 Å². The van der Waals surface area contributed by atoms with Crippen molar-refractivity contribution in [3.05, 3.63) is 57.0 Å². The lowest BCUT2D eigenvalue weighted by atomic mass is 10.0. The SMILES string of the molecule is COc1cc(S(=O)(=O)N2CCc3cc(=O)n(C)cc3C2)c(C)cc1C. The number of nitrogens with zero attached hydrogens (tertiary/aromatic N) is 2. The second-order valence-electron chi connectivity index (χ2n) is 6.45. The molecule has 0 atom stereocenters. The molecule has 2 heterocycles. The first-order valence-corrected chi connectivity index (χ1v) is 9.52. The number of pyridine rings is 1. The van der Waals surface area contributed by atoms with Gasteiger partial charge in [0.1, 0.15) is 5.75 Å². The monoisotopic (exact) mass is 362 g/mol. The number of benzene rings is 1. The van der Waals surface area contributed by atoms with Gasteiger partial charge in [-0.25, -0.2) is 8.42 Å². The summed E-state index contributed by atoms with van der Waals surface area (Å²) in [4.78, 5) is 12.0. The highest BCUT2D eigenvalue weighted by Crippen LogP contribution is 2.30. The van der Waals surface area contributed by atoms with E-state index < -0.39 is 10.0 Å². The minimum absolute atomic E-state index is 0.0748. The maximum absolute atomic E-state index is 13.2. The van der Waals surface area contributed by atoms with Gasteiger partial charge in [-0.05, 0) is 42.5 Å². The number of ether oxygens (including phenoxy) is 1. The number of sulfonamides is 1. The van der Waals surface area contributed by atoms with Gasteiger partial charge in [0.15, 0.2) is 0 Å². The van der Waals surface area contributed by atoms with E-state index in [0.29, 0.717) is 24.3 Å². The Hall–Kier alpha value is -2.12. The predicted octanol–water partition coefficient (Wildman–Crippen LogP) is 1.76. The summed E-state index contributed by atoms with van der Waals surface area (Å²) in [6.07, 6.45) is 2.26. The maximum atomic E-state index is 13.2. The van der Waals surface area contributed by atoms with Crippen LogP contribution >= 0.6 is 0 Å². The molecule has 1 aliphatic heterocycles. The number of fused-ring (bicyclic) bond motifs is 1. The smallest absolute Gasteiger partial charge is 0.250 e. The zero-order valence-electron chi connectivity index (χ0n) is 14.9. The Morgan fingerprint density at radius 3 is 2.48 bits per heavy atom. The molecule has 0 spiro atoms. The fourth-order valence-electron chi connectivity index (χ4n) is 3.27. The van der Waals surface area contributed by atoms with E-state index in [2.05, 4.69) is 0 Å². The van der Waals surface area contributed by atoms with E-state index in [1.54, 1.807) is 32.3 Å². The molecule has 0 N–H and O–H groups in total. The number of aryl methyl sites for hydroxylation is 3. The summed E-state index contributed by atoms with van der Waals surface area (Å²) in [7, 11) is -0.437. The topological polar surface area (TPSA) is 68.6 Å². The molecule has 1 aromatic carbocycles. The quantitative estimate of drug-likeness (QED) is 0.834. The molecular weight excluding hydrogens is 340 g/mol. The number of methoxy groups -OCH3 is 1. The summed E-state index contributed by atoms with van der Waals surface area (Å²) < 4.78 is 34.5. The second-order valence-corrected chi connectivity index (χ2v) is 8.36. The van der Waals surface area contributed by atoms with Crippen LogP contribution in [0.2, 0.25) is 0 Å². The average Bonchev–Trinajstić information content (AvgIpc) is 2.55. The highest BCUT2D eigenvalue weighted by molar-refractivity contribution is 7.89. The van der Waals surface area contributed by atoms with Crippen molar-refractivity contribution in [3.63, 3.8) is 0 Å². The van der Waals surface area contributed by atoms with Gasteiger partial charge in [-0.15, -0.1) is 0 Å². The van der Waals surface area contributed by atoms with Crippen LogP contribution in [-0.2, 0) is 30.0 Å². The fraction of sp³-hybridized carbons (Fsp3) is 0.389. The molecule has 1 aliphatic rings. The molecule has 134 valence electrons. The van der Waals surface area contributed by atoms with E-state index in [4.69, 9.17) is 4.74 Å². The van der Waals surface area contributed by atoms with Crippen molar-refractivity contribution < 1.29 is 13.2 Å². The lowest BCUT2D eigenvalue weighted by molar-refractivity contribution is 0.387. The van der Waals surface area contributed by atoms with Gasteiger partial charge in [0.2, 0.25) is 10.0 Å². The van der Waals surface area contributed by atoms with Crippen molar-refractivity contribution in [1.82, 2.24) is 8.87 Å². The molecule has 0 saturated carbocycles. The standard InChI is InChI=1S/C18H22N2O4S/c1-12-7-13(2)17(9-16(12)24-4)25(22,23)20-6-5-14-8-18(21)19(3)10-15(14)11-20/h7-10H,5-6,11H2,1-4H3. The molecule has 0 amide bonds. The van der Waals surface area contributed by atoms with Crippen molar-refractivity contribution in [3.8, 4) is 5.75 Å². The van der Waals surface area contributed by atoms with E-state index in [1.807, 2.05) is 13.0 Å². The summed E-state index contributed by atoms with van der Waals surface area (Å²) in [6, 6.07) is 5.02. The van der Waals surface area contributed by atoms with E-state index in [1.165, 1.54) is 16.0 Å². The van der Waals surface area contributed by atoms with Crippen molar-refractivity contribution >= 4 is 10.0 Å². The van der Waals surface area contributed by atoms with Crippen molar-refractivity contribution in [1.29, 1.82) is 0 Å². The van der Waals surface area contributed by atoms with Gasteiger partial charge in [0.05, 0.1) is 12.0 Å². The molecular formula is C18H22N2O4S. The molecule has 7 heteroatoms. The average molecular weight is 362 g/mol. The van der Waals surface area contributed by atoms with Crippen LogP contribution in [-0.4, -0.2) is 30.9 Å². The zero-order valence-corrected chi connectivity index (χ0v) is 15.7. The number of hydrogen-bond donors (Lipinski definition) is 0. The highest BCUT2D eigenvalue weighted by atomic mass is 32.2. The summed E-state index contributed by atoms with van der Waals surface area (Å²) in [5, 5.41) is 0. The Morgan fingerprint density at radius 1 is 1.08 bits per heavy atom. The third-order valence-electron chi connectivity index (χ3n) is 4.69. The van der Waals surface area contributed by atoms with Gasteiger partial charge in [-0.2, -0.15) is 4.31 Å². The van der Waals surface area contributed by atoms with Crippen LogP contribution in [0.15, 0.2) is 34.1 Å². The van der Waals surface area contributed by atoms with Crippen LogP contribution in [0.4, 0.5) is 0 Å². The van der Waals surface area contributed by atoms with Crippen LogP contribution < -0.4 is 10.3 Å². The highest BCUT2D eigenvalue weighted by Gasteiger charge is 2.30. The van der Waals surface area contributed by atoms with E-state index >= 15 is 0 Å². The minimum Gasteiger partial charge on any atom is -0.496 e. The van der Waals surface area contributed by atoms with E-state index in [0.717, 1.165) is 16.7 Å². The largest absolute Gasteiger partial charge is 0.496 e. The van der Waals surface area contributed by atoms with Gasteiger partial charge in [-0.1, -0.05) is 6.07 Å². The predicted molar refractivity (Wildman–Crippen MR) is 95.5 cm³/mol. The molecule has 6 nitrogen and oxygen atoms in total. The van der Waals surface area contributed by atoms with Gasteiger partial charge >= 0.3 is 0 Å². The van der Waals surface area contributed by atoms with Crippen molar-refractivity contribution in [2.45, 2.75) is 31.7 Å². The van der Waals surface area contributed by atoms with Crippen LogP contribution in [0.1, 0.15) is 22.3 Å². The normalized spacial score (nSPS) is 15.0. The van der Waals surface area contributed by atoms with Crippen molar-refractivity contribution in [2.75, 3.05) is 13.7 Å². The Bertz CT molecular complexity index is 993. The fourth-order valence-corrected chi connectivity index (χ4v) is 4.91. The molecule has 0 saturated heterocycles. The first kappa shape index (κ1) is 17.7. The van der Waals surface area contributed by atoms with Crippen LogP contribution in [0.3, 0.4) is 0 Å². The first-order chi connectivity index (χ1) is 11.7. The Kier molecular flexibility index (Phi) is 4.47. The molecule has 3 rings (SSSR count). The first-order valence-electron chi connectivity index (χ1n) is 8.08. The molecule has 1 aromatic heterocycles. The third kappa shape index (κ3) is 3.09. The Balaban J connectivity index is 2.02. The third-order valence-corrected chi connectivity index (χ3v) is 6.68. The molecule has 0 bridgehead atoms. The molecule has 0 radical (unpaired) electrons. The zero-order chi connectivity index (χ0) is 18.4. The van der Waals surface area contributed by atoms with E-state index in [9.17, 15) is 13.2 Å². The Labute approximate surface area is 147 Å². The Morgan fingerprint density at radius 2 is 1.80 bits per heavy atom. The molecule has 0 unspecified atom stereocenters. The van der Waals surface area contributed by atoms with Crippen LogP contribution in [0, 0.1) is 13.8 Å². The summed E-state index contributed by atoms with van der Waals surface area (Å²) in [6.45, 7) is 4.31. The molecule has 0 aliphatic carbocycles. The lowest BCUT2D eigenvalue weighted by Crippen LogP contribution is -2.37. The second kappa shape index (κ2) is 6.31. The summed E-state index contributed by atoms with van der Waals surface area (Å²) >= 11 is 0. The number of rotatable bonds is 3. The lowest BCUT2D eigenvalue weighted by Gasteiger charge is -2.29. The summed E-state index contributed by atoms with van der Waals surface area (Å²) in [5.41, 5.74) is 3.32. The minimum atomic E-state index is -3.64. The van der Waals surface area contributed by atoms with Crippen molar-refractivity contribution in [2.24, 2.45) is 7.05 Å². The van der Waals surface area contributed by atoms with Crippen LogP contribution in [0.5, 0.6) is 5.75 Å². The summed E-state index contributed by atoms with van der Waals surface area (Å²) in [5.74, 6) is 0.559. The van der Waals surface area contributed by atoms with E-state index in [-0.39, 0.29) is 17.0 Å². The van der Waals surface area contributed by atoms with Gasteiger partial charge in [-0.3, -0.25) is 4.79 Å². The van der Waals surface area contributed by atoms with Gasteiger partial charge in [0, 0.05) is 38.5 Å². The molecule has 25 heavy (non-hydrogen) atoms. The van der Waals surface area contributed by atoms with Crippen LogP contribution in [0.25, 0.3) is 0 Å². The van der Waals surface area contributed by atoms with Gasteiger partial charge in [0.25, 0.3) is 5.56 Å². The molecule has 2 aromatic rings. The molecule has 0 fully saturated rings. The number of aromatic nitrogens is 1. The maximum Gasteiger partial charge on any atom is 0.250 e. The number of hydrogen-bond acceptors (Lipinski definition) is 4.